The van der Waals surface area contributed by atoms with Crippen molar-refractivity contribution in [2.75, 3.05) is 5.32 Å². The van der Waals surface area contributed by atoms with Gasteiger partial charge in [0.05, 0.1) is 11.1 Å². The third-order valence-corrected chi connectivity index (χ3v) is 3.87. The second kappa shape index (κ2) is 7.23. The number of aromatic nitrogens is 4. The predicted molar refractivity (Wildman–Crippen MR) is 97.3 cm³/mol. The maximum absolute atomic E-state index is 12.7. The minimum Gasteiger partial charge on any atom is -0.405 e. The zero-order valence-electron chi connectivity index (χ0n) is 14.6. The number of alkyl halides is 3. The Bertz CT molecular complexity index is 1180. The van der Waals surface area contributed by atoms with Gasteiger partial charge in [-0.1, -0.05) is 18.2 Å². The number of amides is 1. The van der Waals surface area contributed by atoms with Gasteiger partial charge in [-0.2, -0.15) is 0 Å². The minimum atomic E-state index is -4.86. The molecule has 10 heteroatoms. The van der Waals surface area contributed by atoms with Crippen molar-refractivity contribution in [2.24, 2.45) is 0 Å². The molecule has 1 aromatic carbocycles. The van der Waals surface area contributed by atoms with Crippen LogP contribution >= 0.6 is 0 Å². The molecule has 146 valence electrons. The van der Waals surface area contributed by atoms with Crippen molar-refractivity contribution >= 4 is 17.4 Å². The van der Waals surface area contributed by atoms with Gasteiger partial charge in [0, 0.05) is 12.4 Å². The van der Waals surface area contributed by atoms with Gasteiger partial charge in [0.2, 0.25) is 0 Å². The number of halogens is 3. The molecule has 0 atom stereocenters. The summed E-state index contributed by atoms with van der Waals surface area (Å²) in [6.07, 6.45) is -1.79. The Kier molecular flexibility index (Phi) is 4.59. The zero-order chi connectivity index (χ0) is 20.4. The fourth-order valence-corrected chi connectivity index (χ4v) is 2.68. The van der Waals surface area contributed by atoms with Crippen LogP contribution in [0.15, 0.2) is 67.0 Å². The number of carbonyl (C=O) groups is 1. The first kappa shape index (κ1) is 18.4. The van der Waals surface area contributed by atoms with E-state index in [-0.39, 0.29) is 22.6 Å². The SMILES string of the molecule is O=C(Nc1ccccn1)c1cccn2nc(-c3ccccc3OC(F)(F)F)nc12. The van der Waals surface area contributed by atoms with E-state index in [1.54, 1.807) is 30.3 Å². The highest BCUT2D eigenvalue weighted by atomic mass is 19.4. The molecule has 29 heavy (non-hydrogen) atoms. The van der Waals surface area contributed by atoms with Gasteiger partial charge in [-0.25, -0.2) is 14.5 Å². The number of nitrogens with one attached hydrogen (secondary N) is 1. The van der Waals surface area contributed by atoms with Crippen molar-refractivity contribution in [1.82, 2.24) is 19.6 Å². The van der Waals surface area contributed by atoms with E-state index in [0.29, 0.717) is 5.82 Å². The first-order valence-corrected chi connectivity index (χ1v) is 8.34. The summed E-state index contributed by atoms with van der Waals surface area (Å²) in [7, 11) is 0. The standard InChI is InChI=1S/C19H12F3N5O2/c20-19(21,22)29-14-8-2-1-6-12(14)16-25-17-13(7-5-11-27(17)26-16)18(28)24-15-9-3-4-10-23-15/h1-11H,(H,23,24,28). The summed E-state index contributed by atoms with van der Waals surface area (Å²) in [5, 5.41) is 6.82. The Labute approximate surface area is 161 Å². The van der Waals surface area contributed by atoms with Crippen LogP contribution in [0.4, 0.5) is 19.0 Å². The molecule has 0 bridgehead atoms. The Morgan fingerprint density at radius 2 is 1.83 bits per heavy atom. The van der Waals surface area contributed by atoms with E-state index in [2.05, 4.69) is 25.1 Å². The molecule has 0 spiro atoms. The van der Waals surface area contributed by atoms with Crippen LogP contribution in [0.3, 0.4) is 0 Å². The van der Waals surface area contributed by atoms with E-state index >= 15 is 0 Å². The lowest BCUT2D eigenvalue weighted by atomic mass is 10.2. The van der Waals surface area contributed by atoms with E-state index in [4.69, 9.17) is 0 Å². The van der Waals surface area contributed by atoms with Crippen molar-refractivity contribution in [1.29, 1.82) is 0 Å². The number of fused-ring (bicyclic) bond motifs is 1. The molecular weight excluding hydrogens is 387 g/mol. The normalized spacial score (nSPS) is 11.4. The Balaban J connectivity index is 1.73. The summed E-state index contributed by atoms with van der Waals surface area (Å²) in [5.41, 5.74) is 0.411. The van der Waals surface area contributed by atoms with E-state index in [1.807, 2.05) is 0 Å². The summed E-state index contributed by atoms with van der Waals surface area (Å²) >= 11 is 0. The second-order valence-corrected chi connectivity index (χ2v) is 5.84. The highest BCUT2D eigenvalue weighted by molar-refractivity contribution is 6.07. The number of hydrogen-bond acceptors (Lipinski definition) is 5. The van der Waals surface area contributed by atoms with Crippen LogP contribution < -0.4 is 10.1 Å². The number of benzene rings is 1. The minimum absolute atomic E-state index is 0.0112. The zero-order valence-corrected chi connectivity index (χ0v) is 14.6. The maximum Gasteiger partial charge on any atom is 0.573 e. The third kappa shape index (κ3) is 4.00. The van der Waals surface area contributed by atoms with E-state index < -0.39 is 18.0 Å². The number of rotatable bonds is 4. The quantitative estimate of drug-likeness (QED) is 0.562. The molecule has 7 nitrogen and oxygen atoms in total. The highest BCUT2D eigenvalue weighted by Crippen LogP contribution is 2.32. The first-order chi connectivity index (χ1) is 13.9. The lowest BCUT2D eigenvalue weighted by molar-refractivity contribution is -0.274. The van der Waals surface area contributed by atoms with Crippen LogP contribution in [-0.4, -0.2) is 31.9 Å². The van der Waals surface area contributed by atoms with Crippen LogP contribution in [0, 0.1) is 0 Å². The lowest BCUT2D eigenvalue weighted by Gasteiger charge is -2.11. The molecule has 3 heterocycles. The Morgan fingerprint density at radius 1 is 1.03 bits per heavy atom. The van der Waals surface area contributed by atoms with Crippen molar-refractivity contribution in [2.45, 2.75) is 6.36 Å². The van der Waals surface area contributed by atoms with Crippen molar-refractivity contribution in [3.63, 3.8) is 0 Å². The molecule has 0 aliphatic heterocycles. The average Bonchev–Trinajstić information content (AvgIpc) is 3.12. The molecule has 0 saturated carbocycles. The average molecular weight is 399 g/mol. The van der Waals surface area contributed by atoms with Crippen molar-refractivity contribution in [3.05, 3.63) is 72.6 Å². The fourth-order valence-electron chi connectivity index (χ4n) is 2.68. The predicted octanol–water partition coefficient (Wildman–Crippen LogP) is 3.94. The summed E-state index contributed by atoms with van der Waals surface area (Å²) in [6.45, 7) is 0. The number of para-hydroxylation sites is 1. The molecule has 1 amide bonds. The van der Waals surface area contributed by atoms with Gasteiger partial charge in [0.25, 0.3) is 5.91 Å². The summed E-state index contributed by atoms with van der Waals surface area (Å²) in [4.78, 5) is 20.9. The third-order valence-electron chi connectivity index (χ3n) is 3.87. The number of nitrogens with zero attached hydrogens (tertiary/aromatic N) is 4. The topological polar surface area (TPSA) is 81.4 Å². The van der Waals surface area contributed by atoms with Gasteiger partial charge in [0.1, 0.15) is 11.6 Å². The number of pyridine rings is 2. The van der Waals surface area contributed by atoms with E-state index in [9.17, 15) is 18.0 Å². The van der Waals surface area contributed by atoms with Crippen LogP contribution in [0.2, 0.25) is 0 Å². The van der Waals surface area contributed by atoms with Gasteiger partial charge < -0.3 is 10.1 Å². The molecule has 0 aliphatic rings. The fraction of sp³-hybridized carbons (Fsp3) is 0.0526. The summed E-state index contributed by atoms with van der Waals surface area (Å²) in [5.74, 6) is -0.574. The molecule has 0 fully saturated rings. The number of hydrogen-bond donors (Lipinski definition) is 1. The van der Waals surface area contributed by atoms with E-state index in [0.717, 1.165) is 0 Å². The Hall–Kier alpha value is -3.95. The highest BCUT2D eigenvalue weighted by Gasteiger charge is 2.32. The van der Waals surface area contributed by atoms with Crippen molar-refractivity contribution in [3.8, 4) is 17.1 Å². The maximum atomic E-state index is 12.7. The monoisotopic (exact) mass is 399 g/mol. The van der Waals surface area contributed by atoms with Gasteiger partial charge in [0.15, 0.2) is 11.5 Å². The van der Waals surface area contributed by atoms with Gasteiger partial charge >= 0.3 is 6.36 Å². The molecule has 3 aromatic heterocycles. The first-order valence-electron chi connectivity index (χ1n) is 8.34. The van der Waals surface area contributed by atoms with Gasteiger partial charge in [-0.05, 0) is 36.4 Å². The van der Waals surface area contributed by atoms with Crippen LogP contribution in [-0.2, 0) is 0 Å². The number of carbonyl (C=O) groups excluding carboxylic acids is 1. The smallest absolute Gasteiger partial charge is 0.405 e. The van der Waals surface area contributed by atoms with Crippen LogP contribution in [0.1, 0.15) is 10.4 Å². The van der Waals surface area contributed by atoms with Crippen molar-refractivity contribution < 1.29 is 22.7 Å². The molecule has 0 unspecified atom stereocenters. The molecule has 0 aliphatic carbocycles. The summed E-state index contributed by atoms with van der Waals surface area (Å²) < 4.78 is 43.4. The summed E-state index contributed by atoms with van der Waals surface area (Å²) in [6, 6.07) is 13.7. The molecule has 4 aromatic rings. The molecule has 4 rings (SSSR count). The van der Waals surface area contributed by atoms with Gasteiger partial charge in [-0.3, -0.25) is 4.79 Å². The molecule has 0 saturated heterocycles. The Morgan fingerprint density at radius 3 is 2.59 bits per heavy atom. The van der Waals surface area contributed by atoms with Gasteiger partial charge in [-0.15, -0.1) is 18.3 Å². The molecular formula is C19H12F3N5O2. The van der Waals surface area contributed by atoms with E-state index in [1.165, 1.54) is 41.2 Å². The van der Waals surface area contributed by atoms with Crippen LogP contribution in [0.5, 0.6) is 5.75 Å². The second-order valence-electron chi connectivity index (χ2n) is 5.84. The molecule has 1 N–H and O–H groups in total. The van der Waals surface area contributed by atoms with Crippen LogP contribution in [0.25, 0.3) is 17.0 Å². The number of anilines is 1. The lowest BCUT2D eigenvalue weighted by Crippen LogP contribution is -2.17. The largest absolute Gasteiger partial charge is 0.573 e. The number of ether oxygens (including phenoxy) is 1. The molecule has 0 radical (unpaired) electrons.